The molecule has 1 N–H and O–H groups in total. The number of carbonyl (C=O) groups excluding carboxylic acids is 1. The monoisotopic (exact) mass is 377 g/mol. The van der Waals surface area contributed by atoms with E-state index in [1.807, 2.05) is 42.6 Å². The van der Waals surface area contributed by atoms with E-state index in [2.05, 4.69) is 31.4 Å². The fraction of sp³-hybridized carbons (Fsp3) is 0.133. The molecule has 0 aliphatic rings. The molecule has 0 aliphatic carbocycles. The highest BCUT2D eigenvalue weighted by molar-refractivity contribution is 9.10. The molecule has 0 spiro atoms. The topological polar surface area (TPSA) is 68.0 Å². The summed E-state index contributed by atoms with van der Waals surface area (Å²) >= 11 is 4.77. The van der Waals surface area contributed by atoms with E-state index in [1.165, 1.54) is 11.3 Å². The van der Waals surface area contributed by atoms with Crippen LogP contribution in [0.3, 0.4) is 0 Å². The van der Waals surface area contributed by atoms with Crippen LogP contribution in [-0.4, -0.2) is 16.0 Å². The molecule has 0 aliphatic heterocycles. The summed E-state index contributed by atoms with van der Waals surface area (Å²) in [6.07, 6.45) is 0. The SMILES string of the molecule is C[C@@H](NC(=O)c1cccs1)c1nc(-c2ccc(Br)cc2)no1. The lowest BCUT2D eigenvalue weighted by Crippen LogP contribution is -2.26. The van der Waals surface area contributed by atoms with Crippen molar-refractivity contribution in [3.8, 4) is 11.4 Å². The number of aromatic nitrogens is 2. The molecule has 1 amide bonds. The highest BCUT2D eigenvalue weighted by Crippen LogP contribution is 2.21. The lowest BCUT2D eigenvalue weighted by atomic mass is 10.2. The van der Waals surface area contributed by atoms with Crippen LogP contribution in [0.2, 0.25) is 0 Å². The van der Waals surface area contributed by atoms with E-state index in [9.17, 15) is 4.79 Å². The Kier molecular flexibility index (Phi) is 4.35. The van der Waals surface area contributed by atoms with Crippen LogP contribution in [0.4, 0.5) is 0 Å². The maximum atomic E-state index is 12.0. The van der Waals surface area contributed by atoms with Gasteiger partial charge in [0.05, 0.1) is 4.88 Å². The lowest BCUT2D eigenvalue weighted by Gasteiger charge is -2.07. The van der Waals surface area contributed by atoms with Crippen LogP contribution in [0.1, 0.15) is 28.5 Å². The molecule has 112 valence electrons. The first-order valence-corrected chi connectivity index (χ1v) is 8.24. The summed E-state index contributed by atoms with van der Waals surface area (Å²) in [5, 5.41) is 8.66. The Bertz CT molecular complexity index is 768. The summed E-state index contributed by atoms with van der Waals surface area (Å²) in [6.45, 7) is 1.81. The standard InChI is InChI=1S/C15H12BrN3O2S/c1-9(17-14(20)12-3-2-8-22-12)15-18-13(19-21-15)10-4-6-11(16)7-5-10/h2-9H,1H3,(H,17,20)/t9-/m1/s1. The molecule has 0 radical (unpaired) electrons. The maximum Gasteiger partial charge on any atom is 0.261 e. The molecule has 7 heteroatoms. The van der Waals surface area contributed by atoms with Gasteiger partial charge in [-0.2, -0.15) is 4.98 Å². The summed E-state index contributed by atoms with van der Waals surface area (Å²) < 4.78 is 6.23. The third-order valence-corrected chi connectivity index (χ3v) is 4.40. The van der Waals surface area contributed by atoms with E-state index in [4.69, 9.17) is 4.52 Å². The number of carbonyl (C=O) groups is 1. The number of thiophene rings is 1. The van der Waals surface area contributed by atoms with Gasteiger partial charge in [0.2, 0.25) is 11.7 Å². The van der Waals surface area contributed by atoms with Gasteiger partial charge in [0.1, 0.15) is 6.04 Å². The van der Waals surface area contributed by atoms with Crippen LogP contribution in [0.25, 0.3) is 11.4 Å². The Labute approximate surface area is 139 Å². The van der Waals surface area contributed by atoms with Crippen LogP contribution < -0.4 is 5.32 Å². The number of nitrogens with one attached hydrogen (secondary N) is 1. The van der Waals surface area contributed by atoms with E-state index in [1.54, 1.807) is 6.07 Å². The van der Waals surface area contributed by atoms with Crippen LogP contribution >= 0.6 is 27.3 Å². The zero-order valence-electron chi connectivity index (χ0n) is 11.6. The second kappa shape index (κ2) is 6.41. The molecule has 1 atom stereocenters. The summed E-state index contributed by atoms with van der Waals surface area (Å²) in [5.74, 6) is 0.730. The molecule has 3 aromatic rings. The number of hydrogen-bond donors (Lipinski definition) is 1. The number of amides is 1. The van der Waals surface area contributed by atoms with Crippen molar-refractivity contribution >= 4 is 33.2 Å². The summed E-state index contributed by atoms with van der Waals surface area (Å²) in [7, 11) is 0. The Morgan fingerprint density at radius 2 is 2.09 bits per heavy atom. The molecular formula is C15H12BrN3O2S. The normalized spacial score (nSPS) is 12.1. The lowest BCUT2D eigenvalue weighted by molar-refractivity contribution is 0.0936. The van der Waals surface area contributed by atoms with Crippen molar-refractivity contribution in [1.82, 2.24) is 15.5 Å². The molecule has 0 fully saturated rings. The first-order chi connectivity index (χ1) is 10.6. The minimum Gasteiger partial charge on any atom is -0.340 e. The number of benzene rings is 1. The first-order valence-electron chi connectivity index (χ1n) is 6.57. The number of hydrogen-bond acceptors (Lipinski definition) is 5. The van der Waals surface area contributed by atoms with Crippen LogP contribution in [0.15, 0.2) is 50.8 Å². The minimum atomic E-state index is -0.355. The van der Waals surface area contributed by atoms with Gasteiger partial charge < -0.3 is 9.84 Å². The highest BCUT2D eigenvalue weighted by atomic mass is 79.9. The minimum absolute atomic E-state index is 0.147. The summed E-state index contributed by atoms with van der Waals surface area (Å²) in [6, 6.07) is 10.9. The van der Waals surface area contributed by atoms with Gasteiger partial charge in [0.15, 0.2) is 0 Å². The molecular weight excluding hydrogens is 366 g/mol. The average molecular weight is 378 g/mol. The Hall–Kier alpha value is -1.99. The van der Waals surface area contributed by atoms with Crippen molar-refractivity contribution in [2.75, 3.05) is 0 Å². The molecule has 0 saturated heterocycles. The zero-order valence-corrected chi connectivity index (χ0v) is 14.0. The molecule has 0 bridgehead atoms. The summed E-state index contributed by atoms with van der Waals surface area (Å²) in [4.78, 5) is 17.0. The van der Waals surface area contributed by atoms with E-state index < -0.39 is 0 Å². The van der Waals surface area contributed by atoms with Gasteiger partial charge >= 0.3 is 0 Å². The predicted octanol–water partition coefficient (Wildman–Crippen LogP) is 4.05. The molecule has 2 aromatic heterocycles. The van der Waals surface area contributed by atoms with E-state index in [0.29, 0.717) is 16.6 Å². The molecule has 22 heavy (non-hydrogen) atoms. The van der Waals surface area contributed by atoms with Gasteiger partial charge in [-0.15, -0.1) is 11.3 Å². The fourth-order valence-electron chi connectivity index (χ4n) is 1.86. The van der Waals surface area contributed by atoms with Crippen molar-refractivity contribution < 1.29 is 9.32 Å². The Balaban J connectivity index is 1.73. The summed E-state index contributed by atoms with van der Waals surface area (Å²) in [5.41, 5.74) is 0.856. The first kappa shape index (κ1) is 14.9. The Morgan fingerprint density at radius 3 is 2.77 bits per heavy atom. The van der Waals surface area contributed by atoms with Crippen LogP contribution in [0, 0.1) is 0 Å². The van der Waals surface area contributed by atoms with Crippen LogP contribution in [0.5, 0.6) is 0 Å². The van der Waals surface area contributed by atoms with Gasteiger partial charge in [0, 0.05) is 10.0 Å². The molecule has 5 nitrogen and oxygen atoms in total. The van der Waals surface area contributed by atoms with Gasteiger partial charge in [-0.05, 0) is 42.6 Å². The van der Waals surface area contributed by atoms with Crippen molar-refractivity contribution in [3.05, 3.63) is 57.0 Å². The van der Waals surface area contributed by atoms with Crippen molar-refractivity contribution in [1.29, 1.82) is 0 Å². The van der Waals surface area contributed by atoms with Gasteiger partial charge in [-0.25, -0.2) is 0 Å². The molecule has 0 unspecified atom stereocenters. The van der Waals surface area contributed by atoms with Gasteiger partial charge in [-0.3, -0.25) is 4.79 Å². The molecule has 1 aromatic carbocycles. The maximum absolute atomic E-state index is 12.0. The van der Waals surface area contributed by atoms with Crippen LogP contribution in [-0.2, 0) is 0 Å². The molecule has 3 rings (SSSR count). The quantitative estimate of drug-likeness (QED) is 0.744. The van der Waals surface area contributed by atoms with Crippen molar-refractivity contribution in [3.63, 3.8) is 0 Å². The van der Waals surface area contributed by atoms with Crippen molar-refractivity contribution in [2.45, 2.75) is 13.0 Å². The number of nitrogens with zero attached hydrogens (tertiary/aromatic N) is 2. The highest BCUT2D eigenvalue weighted by Gasteiger charge is 2.18. The number of rotatable bonds is 4. The van der Waals surface area contributed by atoms with E-state index in [-0.39, 0.29) is 11.9 Å². The number of halogens is 1. The largest absolute Gasteiger partial charge is 0.340 e. The van der Waals surface area contributed by atoms with E-state index >= 15 is 0 Å². The molecule has 0 saturated carbocycles. The zero-order chi connectivity index (χ0) is 15.5. The second-order valence-corrected chi connectivity index (χ2v) is 6.50. The average Bonchev–Trinajstić information content (AvgIpc) is 3.20. The van der Waals surface area contributed by atoms with Crippen molar-refractivity contribution in [2.24, 2.45) is 0 Å². The second-order valence-electron chi connectivity index (χ2n) is 4.64. The fourth-order valence-corrected chi connectivity index (χ4v) is 2.76. The third-order valence-electron chi connectivity index (χ3n) is 3.01. The Morgan fingerprint density at radius 1 is 1.32 bits per heavy atom. The molecule has 2 heterocycles. The van der Waals surface area contributed by atoms with Gasteiger partial charge in [0.25, 0.3) is 5.91 Å². The van der Waals surface area contributed by atoms with E-state index in [0.717, 1.165) is 10.0 Å². The third kappa shape index (κ3) is 3.26. The predicted molar refractivity (Wildman–Crippen MR) is 87.6 cm³/mol. The van der Waals surface area contributed by atoms with Gasteiger partial charge in [-0.1, -0.05) is 27.2 Å². The smallest absolute Gasteiger partial charge is 0.261 e.